The van der Waals surface area contributed by atoms with Gasteiger partial charge in [-0.25, -0.2) is 0 Å². The molecule has 0 bridgehead atoms. The second-order valence-electron chi connectivity index (χ2n) is 5.16. The number of benzene rings is 1. The van der Waals surface area contributed by atoms with Crippen LogP contribution in [0.4, 0.5) is 0 Å². The van der Waals surface area contributed by atoms with E-state index in [4.69, 9.17) is 10.8 Å². The Bertz CT molecular complexity index is 356. The molecule has 1 aromatic rings. The Balaban J connectivity index is 1.64. The van der Waals surface area contributed by atoms with E-state index in [1.165, 1.54) is 17.7 Å². The van der Waals surface area contributed by atoms with Crippen LogP contribution in [0.3, 0.4) is 0 Å². The predicted molar refractivity (Wildman–Crippen MR) is 81.4 cm³/mol. The van der Waals surface area contributed by atoms with E-state index in [-0.39, 0.29) is 12.6 Å². The molecule has 1 aliphatic rings. The number of thioether (sulfide) groups is 1. The van der Waals surface area contributed by atoms with Crippen LogP contribution in [-0.4, -0.2) is 47.5 Å². The maximum Gasteiger partial charge on any atom is 0.0558 e. The number of hydrogen-bond acceptors (Lipinski definition) is 4. The van der Waals surface area contributed by atoms with Crippen LogP contribution < -0.4 is 5.73 Å². The van der Waals surface area contributed by atoms with Gasteiger partial charge in [0.2, 0.25) is 0 Å². The molecule has 0 spiro atoms. The van der Waals surface area contributed by atoms with Crippen molar-refractivity contribution in [2.75, 3.05) is 25.4 Å². The van der Waals surface area contributed by atoms with Gasteiger partial charge in [0.15, 0.2) is 0 Å². The second-order valence-corrected chi connectivity index (χ2v) is 6.26. The molecule has 0 unspecified atom stereocenters. The first-order valence-electron chi connectivity index (χ1n) is 7.08. The summed E-state index contributed by atoms with van der Waals surface area (Å²) >= 11 is 1.82. The lowest BCUT2D eigenvalue weighted by molar-refractivity contribution is 0.185. The Morgan fingerprint density at radius 2 is 2.00 bits per heavy atom. The summed E-state index contributed by atoms with van der Waals surface area (Å²) in [6.07, 6.45) is 3.58. The Hall–Kier alpha value is -0.550. The summed E-state index contributed by atoms with van der Waals surface area (Å²) in [5, 5.41) is 9.05. The molecular formula is C15H24N2OS. The third-order valence-corrected chi connectivity index (χ3v) is 4.65. The molecule has 1 aliphatic carbocycles. The van der Waals surface area contributed by atoms with Crippen LogP contribution in [-0.2, 0) is 0 Å². The minimum absolute atomic E-state index is 0.227. The van der Waals surface area contributed by atoms with Gasteiger partial charge in [-0.1, -0.05) is 18.2 Å². The quantitative estimate of drug-likeness (QED) is 0.679. The lowest BCUT2D eigenvalue weighted by Crippen LogP contribution is -2.35. The normalized spacial score (nSPS) is 16.8. The van der Waals surface area contributed by atoms with Gasteiger partial charge in [-0.05, 0) is 31.4 Å². The molecule has 0 heterocycles. The molecular weight excluding hydrogens is 256 g/mol. The number of hydrogen-bond donors (Lipinski definition) is 2. The van der Waals surface area contributed by atoms with Crippen LogP contribution in [0.5, 0.6) is 0 Å². The Morgan fingerprint density at radius 3 is 2.63 bits per heavy atom. The molecule has 0 saturated heterocycles. The van der Waals surface area contributed by atoms with Crippen molar-refractivity contribution in [3.63, 3.8) is 0 Å². The maximum absolute atomic E-state index is 9.05. The SMILES string of the molecule is N[C@@H](CCN(CCO)C1CC1)CSc1ccccc1. The largest absolute Gasteiger partial charge is 0.395 e. The van der Waals surface area contributed by atoms with Crippen LogP contribution in [0.25, 0.3) is 0 Å². The fourth-order valence-electron chi connectivity index (χ4n) is 2.18. The molecule has 4 heteroatoms. The van der Waals surface area contributed by atoms with E-state index < -0.39 is 0 Å². The highest BCUT2D eigenvalue weighted by atomic mass is 32.2. The third kappa shape index (κ3) is 5.53. The van der Waals surface area contributed by atoms with E-state index >= 15 is 0 Å². The molecule has 106 valence electrons. The van der Waals surface area contributed by atoms with Crippen molar-refractivity contribution in [2.45, 2.75) is 36.2 Å². The molecule has 1 saturated carbocycles. The van der Waals surface area contributed by atoms with E-state index in [2.05, 4.69) is 29.2 Å². The summed E-state index contributed by atoms with van der Waals surface area (Å²) in [5.41, 5.74) is 6.18. The topological polar surface area (TPSA) is 49.5 Å². The summed E-state index contributed by atoms with van der Waals surface area (Å²) in [7, 11) is 0. The van der Waals surface area contributed by atoms with E-state index in [1.807, 2.05) is 17.8 Å². The number of aliphatic hydroxyl groups excluding tert-OH is 1. The second kappa shape index (κ2) is 7.90. The van der Waals surface area contributed by atoms with Gasteiger partial charge in [0.25, 0.3) is 0 Å². The van der Waals surface area contributed by atoms with Crippen molar-refractivity contribution in [1.82, 2.24) is 4.90 Å². The van der Waals surface area contributed by atoms with E-state index in [0.29, 0.717) is 6.04 Å². The van der Waals surface area contributed by atoms with Gasteiger partial charge in [0.05, 0.1) is 6.61 Å². The van der Waals surface area contributed by atoms with Crippen LogP contribution in [0.15, 0.2) is 35.2 Å². The summed E-state index contributed by atoms with van der Waals surface area (Å²) in [5.74, 6) is 0.960. The standard InChI is InChI=1S/C15H24N2OS/c16-13(12-19-15-4-2-1-3-5-15)8-9-17(10-11-18)14-6-7-14/h1-5,13-14,18H,6-12,16H2/t13-/m0/s1. The lowest BCUT2D eigenvalue weighted by atomic mass is 10.2. The van der Waals surface area contributed by atoms with Crippen molar-refractivity contribution in [2.24, 2.45) is 5.73 Å². The van der Waals surface area contributed by atoms with Gasteiger partial charge < -0.3 is 10.8 Å². The van der Waals surface area contributed by atoms with Gasteiger partial charge in [-0.15, -0.1) is 11.8 Å². The number of aliphatic hydroxyl groups is 1. The summed E-state index contributed by atoms with van der Waals surface area (Å²) < 4.78 is 0. The van der Waals surface area contributed by atoms with Gasteiger partial charge in [-0.3, -0.25) is 4.90 Å². The molecule has 2 rings (SSSR count). The van der Waals surface area contributed by atoms with Gasteiger partial charge in [0.1, 0.15) is 0 Å². The summed E-state index contributed by atoms with van der Waals surface area (Å²) in [4.78, 5) is 3.67. The molecule has 1 aromatic carbocycles. The zero-order chi connectivity index (χ0) is 13.5. The van der Waals surface area contributed by atoms with Crippen molar-refractivity contribution in [3.8, 4) is 0 Å². The van der Waals surface area contributed by atoms with Gasteiger partial charge in [0, 0.05) is 35.8 Å². The monoisotopic (exact) mass is 280 g/mol. The summed E-state index contributed by atoms with van der Waals surface area (Å²) in [6, 6.07) is 11.3. The van der Waals surface area contributed by atoms with Crippen LogP contribution in [0, 0.1) is 0 Å². The minimum atomic E-state index is 0.227. The fourth-order valence-corrected chi connectivity index (χ4v) is 3.10. The molecule has 1 fully saturated rings. The first kappa shape index (κ1) is 14.9. The van der Waals surface area contributed by atoms with Crippen LogP contribution in [0.2, 0.25) is 0 Å². The average molecular weight is 280 g/mol. The van der Waals surface area contributed by atoms with E-state index in [1.54, 1.807) is 0 Å². The molecule has 0 amide bonds. The fraction of sp³-hybridized carbons (Fsp3) is 0.600. The zero-order valence-electron chi connectivity index (χ0n) is 11.4. The predicted octanol–water partition coefficient (Wildman–Crippen LogP) is 1.95. The van der Waals surface area contributed by atoms with Crippen molar-refractivity contribution >= 4 is 11.8 Å². The lowest BCUT2D eigenvalue weighted by Gasteiger charge is -2.22. The highest BCUT2D eigenvalue weighted by molar-refractivity contribution is 7.99. The zero-order valence-corrected chi connectivity index (χ0v) is 12.2. The number of nitrogens with two attached hydrogens (primary N) is 1. The molecule has 0 aromatic heterocycles. The van der Waals surface area contributed by atoms with Crippen molar-refractivity contribution in [3.05, 3.63) is 30.3 Å². The maximum atomic E-state index is 9.05. The smallest absolute Gasteiger partial charge is 0.0558 e. The average Bonchev–Trinajstić information content (AvgIpc) is 3.27. The van der Waals surface area contributed by atoms with E-state index in [9.17, 15) is 0 Å². The summed E-state index contributed by atoms with van der Waals surface area (Å²) in [6.45, 7) is 2.06. The Labute approximate surface area is 120 Å². The number of rotatable bonds is 9. The van der Waals surface area contributed by atoms with Crippen molar-refractivity contribution in [1.29, 1.82) is 0 Å². The Morgan fingerprint density at radius 1 is 1.26 bits per heavy atom. The Kier molecular flexibility index (Phi) is 6.17. The minimum Gasteiger partial charge on any atom is -0.395 e. The van der Waals surface area contributed by atoms with Crippen LogP contribution >= 0.6 is 11.8 Å². The van der Waals surface area contributed by atoms with E-state index in [0.717, 1.165) is 25.3 Å². The first-order valence-corrected chi connectivity index (χ1v) is 8.06. The molecule has 3 nitrogen and oxygen atoms in total. The molecule has 0 aliphatic heterocycles. The van der Waals surface area contributed by atoms with Gasteiger partial charge >= 0.3 is 0 Å². The molecule has 19 heavy (non-hydrogen) atoms. The molecule has 0 radical (unpaired) electrons. The van der Waals surface area contributed by atoms with Gasteiger partial charge in [-0.2, -0.15) is 0 Å². The van der Waals surface area contributed by atoms with Crippen molar-refractivity contribution < 1.29 is 5.11 Å². The third-order valence-electron chi connectivity index (χ3n) is 3.44. The highest BCUT2D eigenvalue weighted by Gasteiger charge is 2.28. The number of nitrogens with zero attached hydrogens (tertiary/aromatic N) is 1. The molecule has 3 N–H and O–H groups in total. The molecule has 1 atom stereocenters. The highest BCUT2D eigenvalue weighted by Crippen LogP contribution is 2.27. The first-order chi connectivity index (χ1) is 9.29. The van der Waals surface area contributed by atoms with Crippen LogP contribution in [0.1, 0.15) is 19.3 Å².